The highest BCUT2D eigenvalue weighted by Crippen LogP contribution is 2.29. The number of carbonyl (C=O) groups excluding carboxylic acids is 1. The molecule has 1 aliphatic rings. The molecule has 1 saturated heterocycles. The second-order valence-corrected chi connectivity index (χ2v) is 5.47. The molecule has 1 fully saturated rings. The van der Waals surface area contributed by atoms with Crippen molar-refractivity contribution in [2.45, 2.75) is 19.5 Å². The van der Waals surface area contributed by atoms with Crippen LogP contribution in [0.4, 0.5) is 5.69 Å². The first-order valence-corrected chi connectivity index (χ1v) is 7.54. The lowest BCUT2D eigenvalue weighted by atomic mass is 10.1. The van der Waals surface area contributed by atoms with Gasteiger partial charge in [-0.15, -0.1) is 0 Å². The fraction of sp³-hybridized carbons (Fsp3) is 0.533. The molecule has 1 atom stereocenters. The van der Waals surface area contributed by atoms with Gasteiger partial charge in [-0.05, 0) is 19.1 Å². The highest BCUT2D eigenvalue weighted by atomic mass is 35.5. The van der Waals surface area contributed by atoms with Crippen LogP contribution in [0.1, 0.15) is 12.5 Å². The number of anilines is 1. The van der Waals surface area contributed by atoms with Crippen LogP contribution in [0, 0.1) is 0 Å². The fourth-order valence-electron chi connectivity index (χ4n) is 2.49. The van der Waals surface area contributed by atoms with Crippen LogP contribution < -0.4 is 15.5 Å². The Balaban J connectivity index is 2.18. The number of carbonyl (C=O) groups is 1. The maximum Gasteiger partial charge on any atom is 0.242 e. The van der Waals surface area contributed by atoms with E-state index in [2.05, 4.69) is 15.5 Å². The van der Waals surface area contributed by atoms with Crippen molar-refractivity contribution in [2.24, 2.45) is 0 Å². The van der Waals surface area contributed by atoms with Crippen molar-refractivity contribution in [1.29, 1.82) is 0 Å². The summed E-state index contributed by atoms with van der Waals surface area (Å²) < 4.78 is 5.03. The van der Waals surface area contributed by atoms with Gasteiger partial charge >= 0.3 is 0 Å². The summed E-state index contributed by atoms with van der Waals surface area (Å²) in [6, 6.07) is 5.65. The molecule has 0 spiro atoms. The number of piperazine rings is 1. The minimum Gasteiger partial charge on any atom is -0.383 e. The summed E-state index contributed by atoms with van der Waals surface area (Å²) in [5, 5.41) is 6.91. The number of ether oxygens (including phenoxy) is 1. The first-order chi connectivity index (χ1) is 10.1. The highest BCUT2D eigenvalue weighted by Gasteiger charge is 2.27. The Morgan fingerprint density at radius 1 is 1.52 bits per heavy atom. The number of rotatable bonds is 6. The minimum atomic E-state index is -0.185. The Hall–Kier alpha value is -1.30. The lowest BCUT2D eigenvalue weighted by molar-refractivity contribution is -0.122. The van der Waals surface area contributed by atoms with E-state index < -0.39 is 0 Å². The van der Waals surface area contributed by atoms with E-state index in [1.54, 1.807) is 7.11 Å². The summed E-state index contributed by atoms with van der Waals surface area (Å²) in [5.74, 6) is 0.0551. The standard InChI is InChI=1S/C15H22ClN3O2/c1-11-15(20)18-6-8-19(11)14-5-3-4-13(16)12(14)10-17-7-9-21-2/h3-5,11,17H,6-10H2,1-2H3,(H,18,20). The van der Waals surface area contributed by atoms with Gasteiger partial charge < -0.3 is 20.3 Å². The molecule has 1 heterocycles. The zero-order chi connectivity index (χ0) is 15.2. The molecule has 2 N–H and O–H groups in total. The molecule has 1 aromatic carbocycles. The Kier molecular flexibility index (Phi) is 5.85. The summed E-state index contributed by atoms with van der Waals surface area (Å²) in [6.07, 6.45) is 0. The lowest BCUT2D eigenvalue weighted by Crippen LogP contribution is -2.54. The predicted molar refractivity (Wildman–Crippen MR) is 84.9 cm³/mol. The van der Waals surface area contributed by atoms with Gasteiger partial charge in [0.2, 0.25) is 5.91 Å². The maximum atomic E-state index is 11.9. The van der Waals surface area contributed by atoms with Crippen molar-refractivity contribution in [3.8, 4) is 0 Å². The van der Waals surface area contributed by atoms with E-state index in [4.69, 9.17) is 16.3 Å². The quantitative estimate of drug-likeness (QED) is 0.780. The van der Waals surface area contributed by atoms with E-state index in [0.717, 1.165) is 29.4 Å². The van der Waals surface area contributed by atoms with Crippen LogP contribution in [0.15, 0.2) is 18.2 Å². The molecule has 5 nitrogen and oxygen atoms in total. The Morgan fingerprint density at radius 2 is 2.33 bits per heavy atom. The summed E-state index contributed by atoms with van der Waals surface area (Å²) in [7, 11) is 1.68. The van der Waals surface area contributed by atoms with E-state index >= 15 is 0 Å². The van der Waals surface area contributed by atoms with Gasteiger partial charge in [0.05, 0.1) is 6.61 Å². The third kappa shape index (κ3) is 3.87. The van der Waals surface area contributed by atoms with Crippen LogP contribution in [0.3, 0.4) is 0 Å². The molecular weight excluding hydrogens is 290 g/mol. The molecule has 21 heavy (non-hydrogen) atoms. The molecule has 6 heteroatoms. The molecule has 2 rings (SSSR count). The van der Waals surface area contributed by atoms with Crippen molar-refractivity contribution in [3.63, 3.8) is 0 Å². The second kappa shape index (κ2) is 7.64. The Labute approximate surface area is 130 Å². The van der Waals surface area contributed by atoms with Gasteiger partial charge in [0, 0.05) is 49.6 Å². The smallest absolute Gasteiger partial charge is 0.242 e. The van der Waals surface area contributed by atoms with E-state index in [0.29, 0.717) is 19.7 Å². The van der Waals surface area contributed by atoms with Crippen LogP contribution in [0.2, 0.25) is 5.02 Å². The van der Waals surface area contributed by atoms with Crippen molar-refractivity contribution in [3.05, 3.63) is 28.8 Å². The van der Waals surface area contributed by atoms with Gasteiger partial charge in [-0.25, -0.2) is 0 Å². The summed E-state index contributed by atoms with van der Waals surface area (Å²) >= 11 is 6.35. The van der Waals surface area contributed by atoms with Crippen molar-refractivity contribution in [2.75, 3.05) is 38.3 Å². The molecule has 0 bridgehead atoms. The number of hydrogen-bond acceptors (Lipinski definition) is 4. The van der Waals surface area contributed by atoms with Crippen molar-refractivity contribution >= 4 is 23.2 Å². The first-order valence-electron chi connectivity index (χ1n) is 7.16. The molecular formula is C15H22ClN3O2. The van der Waals surface area contributed by atoms with Gasteiger partial charge in [-0.2, -0.15) is 0 Å². The molecule has 0 saturated carbocycles. The van der Waals surface area contributed by atoms with Crippen LogP contribution in [-0.2, 0) is 16.1 Å². The van der Waals surface area contributed by atoms with E-state index in [1.807, 2.05) is 25.1 Å². The van der Waals surface area contributed by atoms with E-state index in [9.17, 15) is 4.79 Å². The number of nitrogens with one attached hydrogen (secondary N) is 2. The largest absolute Gasteiger partial charge is 0.383 e. The summed E-state index contributed by atoms with van der Waals surface area (Å²) in [4.78, 5) is 14.0. The van der Waals surface area contributed by atoms with Crippen molar-refractivity contribution < 1.29 is 9.53 Å². The zero-order valence-electron chi connectivity index (χ0n) is 12.5. The van der Waals surface area contributed by atoms with Crippen molar-refractivity contribution in [1.82, 2.24) is 10.6 Å². The van der Waals surface area contributed by atoms with Gasteiger partial charge in [-0.3, -0.25) is 4.79 Å². The number of methoxy groups -OCH3 is 1. The van der Waals surface area contributed by atoms with Crippen LogP contribution in [-0.4, -0.2) is 45.3 Å². The van der Waals surface area contributed by atoms with Crippen LogP contribution in [0.25, 0.3) is 0 Å². The molecule has 1 aromatic rings. The fourth-order valence-corrected chi connectivity index (χ4v) is 2.73. The number of halogens is 1. The lowest BCUT2D eigenvalue weighted by Gasteiger charge is -2.36. The summed E-state index contributed by atoms with van der Waals surface area (Å²) in [6.45, 7) is 5.44. The molecule has 0 aliphatic carbocycles. The summed E-state index contributed by atoms with van der Waals surface area (Å²) in [5.41, 5.74) is 2.05. The Morgan fingerprint density at radius 3 is 3.10 bits per heavy atom. The molecule has 1 aliphatic heterocycles. The monoisotopic (exact) mass is 311 g/mol. The number of amides is 1. The molecule has 1 amide bonds. The third-order valence-electron chi connectivity index (χ3n) is 3.69. The molecule has 0 radical (unpaired) electrons. The minimum absolute atomic E-state index is 0.0551. The number of benzene rings is 1. The molecule has 1 unspecified atom stereocenters. The first kappa shape index (κ1) is 16.1. The van der Waals surface area contributed by atoms with E-state index in [1.165, 1.54) is 0 Å². The number of nitrogens with zero attached hydrogens (tertiary/aromatic N) is 1. The Bertz CT molecular complexity index is 496. The van der Waals surface area contributed by atoms with Gasteiger partial charge in [-0.1, -0.05) is 17.7 Å². The second-order valence-electron chi connectivity index (χ2n) is 5.07. The number of hydrogen-bond donors (Lipinski definition) is 2. The normalized spacial score (nSPS) is 18.7. The van der Waals surface area contributed by atoms with Gasteiger partial charge in [0.25, 0.3) is 0 Å². The average Bonchev–Trinajstić information content (AvgIpc) is 2.48. The van der Waals surface area contributed by atoms with E-state index in [-0.39, 0.29) is 11.9 Å². The zero-order valence-corrected chi connectivity index (χ0v) is 13.2. The average molecular weight is 312 g/mol. The third-order valence-corrected chi connectivity index (χ3v) is 4.04. The molecule has 0 aromatic heterocycles. The SMILES string of the molecule is COCCNCc1c(Cl)cccc1N1CCNC(=O)C1C. The molecule has 116 valence electrons. The van der Waals surface area contributed by atoms with Gasteiger partial charge in [0.1, 0.15) is 6.04 Å². The van der Waals surface area contributed by atoms with Crippen LogP contribution >= 0.6 is 11.6 Å². The van der Waals surface area contributed by atoms with Crippen LogP contribution in [0.5, 0.6) is 0 Å². The maximum absolute atomic E-state index is 11.9. The van der Waals surface area contributed by atoms with Gasteiger partial charge in [0.15, 0.2) is 0 Å². The topological polar surface area (TPSA) is 53.6 Å². The highest BCUT2D eigenvalue weighted by molar-refractivity contribution is 6.31. The predicted octanol–water partition coefficient (Wildman–Crippen LogP) is 1.40.